The van der Waals surface area contributed by atoms with Crippen LogP contribution in [0.5, 0.6) is 0 Å². The Bertz CT molecular complexity index is 745. The third-order valence-electron chi connectivity index (χ3n) is 2.76. The normalized spacial score (nSPS) is 21.6. The number of nitrogens with zero attached hydrogens (tertiary/aromatic N) is 1. The molecule has 0 spiro atoms. The fourth-order valence-electron chi connectivity index (χ4n) is 1.79. The molecule has 112 valence electrons. The van der Waals surface area contributed by atoms with E-state index < -0.39 is 62.5 Å². The van der Waals surface area contributed by atoms with E-state index in [0.29, 0.717) is 0 Å². The highest BCUT2D eigenvalue weighted by Gasteiger charge is 2.62. The Hall–Kier alpha value is -2.46. The Morgan fingerprint density at radius 1 is 0.905 bits per heavy atom. The standard InChI is InChI=1S/C10F7NO3/c11-3-1-2(4(12)6(14)5(3)13)10(17,18(20)21)9(16)7(15)8(1)19/t10-/m0/s1. The van der Waals surface area contributed by atoms with E-state index >= 15 is 0 Å². The Balaban J connectivity index is 3.08. The quantitative estimate of drug-likeness (QED) is 0.200. The number of nitro groups is 1. The molecule has 1 atom stereocenters. The first kappa shape index (κ1) is 14.9. The first-order chi connectivity index (χ1) is 9.56. The summed E-state index contributed by atoms with van der Waals surface area (Å²) in [6.45, 7) is 0. The lowest BCUT2D eigenvalue weighted by Crippen LogP contribution is -2.39. The van der Waals surface area contributed by atoms with Crippen molar-refractivity contribution in [3.8, 4) is 0 Å². The van der Waals surface area contributed by atoms with Gasteiger partial charge in [0.25, 0.3) is 5.83 Å². The predicted molar refractivity (Wildman–Crippen MR) is 49.6 cm³/mol. The van der Waals surface area contributed by atoms with Crippen LogP contribution in [0.4, 0.5) is 30.7 Å². The van der Waals surface area contributed by atoms with Crippen molar-refractivity contribution in [2.45, 2.75) is 5.79 Å². The van der Waals surface area contributed by atoms with Crippen molar-refractivity contribution in [1.82, 2.24) is 0 Å². The number of hydrogen-bond donors (Lipinski definition) is 0. The maximum atomic E-state index is 14.0. The maximum Gasteiger partial charge on any atom is 0.443 e. The van der Waals surface area contributed by atoms with Gasteiger partial charge in [0.1, 0.15) is 5.56 Å². The molecule has 0 saturated heterocycles. The van der Waals surface area contributed by atoms with E-state index in [1.807, 2.05) is 0 Å². The van der Waals surface area contributed by atoms with Crippen molar-refractivity contribution in [1.29, 1.82) is 0 Å². The van der Waals surface area contributed by atoms with Crippen molar-refractivity contribution >= 4 is 5.78 Å². The number of ketones is 1. The second-order valence-electron chi connectivity index (χ2n) is 3.84. The van der Waals surface area contributed by atoms with Crippen LogP contribution in [-0.4, -0.2) is 10.7 Å². The van der Waals surface area contributed by atoms with Gasteiger partial charge in [-0.05, 0) is 0 Å². The van der Waals surface area contributed by atoms with Crippen molar-refractivity contribution in [2.24, 2.45) is 0 Å². The Morgan fingerprint density at radius 3 is 1.86 bits per heavy atom. The number of benzene rings is 1. The molecule has 1 aliphatic rings. The van der Waals surface area contributed by atoms with Gasteiger partial charge in [0.2, 0.25) is 11.6 Å². The van der Waals surface area contributed by atoms with E-state index in [4.69, 9.17) is 0 Å². The summed E-state index contributed by atoms with van der Waals surface area (Å²) < 4.78 is 93.3. The molecule has 2 rings (SSSR count). The van der Waals surface area contributed by atoms with Crippen molar-refractivity contribution in [2.75, 3.05) is 0 Å². The molecule has 0 radical (unpaired) electrons. The average Bonchev–Trinajstić information content (AvgIpc) is 2.43. The molecule has 0 aliphatic heterocycles. The van der Waals surface area contributed by atoms with Crippen LogP contribution in [0, 0.1) is 33.4 Å². The van der Waals surface area contributed by atoms with Crippen molar-refractivity contribution in [3.05, 3.63) is 56.2 Å². The monoisotopic (exact) mass is 315 g/mol. The zero-order valence-electron chi connectivity index (χ0n) is 9.32. The van der Waals surface area contributed by atoms with E-state index in [1.165, 1.54) is 0 Å². The zero-order chi connectivity index (χ0) is 16.3. The lowest BCUT2D eigenvalue weighted by molar-refractivity contribution is -0.607. The van der Waals surface area contributed by atoms with Gasteiger partial charge in [-0.15, -0.1) is 0 Å². The maximum absolute atomic E-state index is 14.0. The number of Topliss-reactive ketones (excluding diaryl/α,β-unsaturated/α-hetero) is 1. The van der Waals surface area contributed by atoms with Gasteiger partial charge < -0.3 is 0 Å². The van der Waals surface area contributed by atoms with Crippen LogP contribution in [0.1, 0.15) is 15.9 Å². The minimum Gasteiger partial charge on any atom is -0.286 e. The Morgan fingerprint density at radius 2 is 1.38 bits per heavy atom. The number of allylic oxidation sites excluding steroid dienone is 1. The first-order valence-electron chi connectivity index (χ1n) is 4.87. The molecule has 0 heterocycles. The molecule has 0 fully saturated rings. The number of hydrogen-bond acceptors (Lipinski definition) is 3. The van der Waals surface area contributed by atoms with Crippen LogP contribution in [0.3, 0.4) is 0 Å². The molecule has 0 bridgehead atoms. The van der Waals surface area contributed by atoms with Crippen LogP contribution < -0.4 is 0 Å². The predicted octanol–water partition coefficient (Wildman–Crippen LogP) is 2.99. The zero-order valence-corrected chi connectivity index (χ0v) is 9.32. The SMILES string of the molecule is O=C1C(F)=C(F)[C@@](F)([N+](=O)[O-])c2c(F)c(F)c(F)c(F)c21. The number of carbonyl (C=O) groups excluding carboxylic acids is 1. The lowest BCUT2D eigenvalue weighted by Gasteiger charge is -2.23. The number of carbonyl (C=O) groups is 1. The number of rotatable bonds is 1. The van der Waals surface area contributed by atoms with E-state index in [0.717, 1.165) is 0 Å². The number of halogens is 7. The van der Waals surface area contributed by atoms with Gasteiger partial charge in [0.05, 0.1) is 10.5 Å². The van der Waals surface area contributed by atoms with Gasteiger partial charge in [-0.3, -0.25) is 14.9 Å². The van der Waals surface area contributed by atoms with Gasteiger partial charge in [-0.2, -0.15) is 13.2 Å². The molecule has 0 N–H and O–H groups in total. The molecule has 0 aromatic heterocycles. The highest BCUT2D eigenvalue weighted by Crippen LogP contribution is 2.46. The summed E-state index contributed by atoms with van der Waals surface area (Å²) in [6.07, 6.45) is 0. The van der Waals surface area contributed by atoms with E-state index in [9.17, 15) is 45.6 Å². The van der Waals surface area contributed by atoms with Crippen molar-refractivity contribution in [3.63, 3.8) is 0 Å². The van der Waals surface area contributed by atoms with Crippen LogP contribution >= 0.6 is 0 Å². The molecular weight excluding hydrogens is 315 g/mol. The van der Waals surface area contributed by atoms with Crippen LogP contribution in [-0.2, 0) is 5.79 Å². The molecule has 1 aliphatic carbocycles. The third-order valence-corrected chi connectivity index (χ3v) is 2.76. The number of alkyl halides is 1. The molecule has 4 nitrogen and oxygen atoms in total. The van der Waals surface area contributed by atoms with E-state index in [1.54, 1.807) is 0 Å². The van der Waals surface area contributed by atoms with Crippen LogP contribution in [0.2, 0.25) is 0 Å². The molecule has 11 heteroatoms. The largest absolute Gasteiger partial charge is 0.443 e. The summed E-state index contributed by atoms with van der Waals surface area (Å²) >= 11 is 0. The molecule has 21 heavy (non-hydrogen) atoms. The van der Waals surface area contributed by atoms with E-state index in [-0.39, 0.29) is 0 Å². The molecule has 0 amide bonds. The van der Waals surface area contributed by atoms with Crippen molar-refractivity contribution < 1.29 is 40.5 Å². The molecule has 0 saturated carbocycles. The summed E-state index contributed by atoms with van der Waals surface area (Å²) in [5, 5.41) is 10.5. The minimum absolute atomic E-state index is 2.12. The topological polar surface area (TPSA) is 60.2 Å². The lowest BCUT2D eigenvalue weighted by atomic mass is 9.87. The summed E-state index contributed by atoms with van der Waals surface area (Å²) in [6, 6.07) is 0. The van der Waals surface area contributed by atoms with Gasteiger partial charge in [-0.25, -0.2) is 17.6 Å². The van der Waals surface area contributed by atoms with Gasteiger partial charge in [0.15, 0.2) is 23.3 Å². The molecular formula is C10F7NO3. The Kier molecular flexibility index (Phi) is 3.03. The Labute approximate surface area is 109 Å². The highest BCUT2D eigenvalue weighted by molar-refractivity contribution is 6.10. The van der Waals surface area contributed by atoms with Crippen LogP contribution in [0.15, 0.2) is 11.7 Å². The molecule has 0 unspecified atom stereocenters. The van der Waals surface area contributed by atoms with Gasteiger partial charge in [0, 0.05) is 0 Å². The number of fused-ring (bicyclic) bond motifs is 1. The van der Waals surface area contributed by atoms with Crippen LogP contribution in [0.25, 0.3) is 0 Å². The van der Waals surface area contributed by atoms with Gasteiger partial charge >= 0.3 is 5.79 Å². The fraction of sp³-hybridized carbons (Fsp3) is 0.100. The minimum atomic E-state index is -4.90. The summed E-state index contributed by atoms with van der Waals surface area (Å²) in [5.74, 6) is -23.6. The summed E-state index contributed by atoms with van der Waals surface area (Å²) in [4.78, 5) is 19.5. The average molecular weight is 315 g/mol. The summed E-state index contributed by atoms with van der Waals surface area (Å²) in [7, 11) is 0. The smallest absolute Gasteiger partial charge is 0.286 e. The third kappa shape index (κ3) is 1.59. The molecule has 1 aromatic rings. The highest BCUT2D eigenvalue weighted by atomic mass is 19.2. The van der Waals surface area contributed by atoms with E-state index in [2.05, 4.69) is 0 Å². The van der Waals surface area contributed by atoms with Gasteiger partial charge in [-0.1, -0.05) is 0 Å². The summed E-state index contributed by atoms with van der Waals surface area (Å²) in [5.41, 5.74) is -4.49. The second kappa shape index (κ2) is 4.27. The first-order valence-corrected chi connectivity index (χ1v) is 4.87. The molecule has 1 aromatic carbocycles. The second-order valence-corrected chi connectivity index (χ2v) is 3.84. The fourth-order valence-corrected chi connectivity index (χ4v) is 1.79.